The third-order valence-corrected chi connectivity index (χ3v) is 7.45. The minimum absolute atomic E-state index is 0.0495. The van der Waals surface area contributed by atoms with Gasteiger partial charge in [0.05, 0.1) is 29.5 Å². The monoisotopic (exact) mass is 384 g/mol. The summed E-state index contributed by atoms with van der Waals surface area (Å²) < 4.78 is 23.1. The molecule has 2 heterocycles. The van der Waals surface area contributed by atoms with Crippen LogP contribution in [0.25, 0.3) is 0 Å². The average molecular weight is 385 g/mol. The normalized spacial score (nSPS) is 27.2. The second-order valence-corrected chi connectivity index (χ2v) is 9.89. The Morgan fingerprint density at radius 1 is 1.16 bits per heavy atom. The molecule has 138 valence electrons. The van der Waals surface area contributed by atoms with Crippen LogP contribution in [0.15, 0.2) is 30.3 Å². The van der Waals surface area contributed by atoms with Crippen molar-refractivity contribution in [3.8, 4) is 0 Å². The first-order valence-corrected chi connectivity index (χ1v) is 11.1. The van der Waals surface area contributed by atoms with Gasteiger partial charge in [0.25, 0.3) is 0 Å². The molecule has 3 rings (SSSR count). The van der Waals surface area contributed by atoms with Crippen molar-refractivity contribution in [1.29, 1.82) is 0 Å². The van der Waals surface area contributed by atoms with Crippen LogP contribution in [0.3, 0.4) is 0 Å². The largest absolute Gasteiger partial charge is 0.350 e. The summed E-state index contributed by atoms with van der Waals surface area (Å²) in [4.78, 5) is 14.3. The predicted molar refractivity (Wildman–Crippen MR) is 99.5 cm³/mol. The van der Waals surface area contributed by atoms with Gasteiger partial charge in [-0.25, -0.2) is 8.42 Å². The molecule has 2 fully saturated rings. The number of benzene rings is 1. The number of piperidine rings is 1. The fourth-order valence-electron chi connectivity index (χ4n) is 3.69. The molecule has 0 radical (unpaired) electrons. The highest BCUT2D eigenvalue weighted by molar-refractivity contribution is 7.91. The van der Waals surface area contributed by atoms with Crippen LogP contribution in [-0.4, -0.2) is 61.8 Å². The average Bonchev–Trinajstić information content (AvgIpc) is 2.82. The smallest absolute Gasteiger partial charge is 0.234 e. The molecule has 2 atom stereocenters. The van der Waals surface area contributed by atoms with Gasteiger partial charge >= 0.3 is 0 Å². The summed E-state index contributed by atoms with van der Waals surface area (Å²) in [6, 6.07) is 10.0. The summed E-state index contributed by atoms with van der Waals surface area (Å²) in [5.41, 5.74) is 1.37. The van der Waals surface area contributed by atoms with E-state index in [0.717, 1.165) is 32.4 Å². The second kappa shape index (κ2) is 8.06. The first kappa shape index (κ1) is 18.7. The van der Waals surface area contributed by atoms with E-state index in [1.807, 2.05) is 6.07 Å². The molecular formula is C18H25ClN2O3S. The number of hydrogen-bond donors (Lipinski definition) is 1. The molecule has 25 heavy (non-hydrogen) atoms. The standard InChI is InChI=1S/C18H25ClN2O3S/c19-16-12-25(23,24)13-17(16)20-18(22)11-21-8-6-15(7-9-21)10-14-4-2-1-3-5-14/h1-5,15-17H,6-13H2,(H,20,22)/t16-,17+/m0/s1. The molecule has 1 aromatic rings. The number of nitrogens with zero attached hydrogens (tertiary/aromatic N) is 1. The molecule has 2 aliphatic heterocycles. The van der Waals surface area contributed by atoms with E-state index >= 15 is 0 Å². The lowest BCUT2D eigenvalue weighted by Crippen LogP contribution is -2.47. The summed E-state index contributed by atoms with van der Waals surface area (Å²) in [7, 11) is -3.12. The SMILES string of the molecule is O=C(CN1CCC(Cc2ccccc2)CC1)N[C@@H]1CS(=O)(=O)C[C@@H]1Cl. The topological polar surface area (TPSA) is 66.5 Å². The van der Waals surface area contributed by atoms with E-state index in [1.165, 1.54) is 5.56 Å². The maximum absolute atomic E-state index is 12.2. The van der Waals surface area contributed by atoms with Crippen molar-refractivity contribution in [2.24, 2.45) is 5.92 Å². The van der Waals surface area contributed by atoms with Gasteiger partial charge in [0.1, 0.15) is 0 Å². The molecule has 0 spiro atoms. The van der Waals surface area contributed by atoms with Crippen LogP contribution in [0, 0.1) is 5.92 Å². The summed E-state index contributed by atoms with van der Waals surface area (Å²) in [5, 5.41) is 2.27. The zero-order valence-corrected chi connectivity index (χ0v) is 15.8. The van der Waals surface area contributed by atoms with Crippen LogP contribution in [-0.2, 0) is 21.1 Å². The molecule has 1 amide bonds. The van der Waals surface area contributed by atoms with E-state index in [-0.39, 0.29) is 17.4 Å². The van der Waals surface area contributed by atoms with Crippen LogP contribution in [0.5, 0.6) is 0 Å². The number of carbonyl (C=O) groups excluding carboxylic acids is 1. The van der Waals surface area contributed by atoms with Crippen LogP contribution >= 0.6 is 11.6 Å². The van der Waals surface area contributed by atoms with Gasteiger partial charge in [0.15, 0.2) is 9.84 Å². The van der Waals surface area contributed by atoms with Crippen molar-refractivity contribution in [3.05, 3.63) is 35.9 Å². The highest BCUT2D eigenvalue weighted by Crippen LogP contribution is 2.22. The number of sulfone groups is 1. The van der Waals surface area contributed by atoms with Gasteiger partial charge in [0.2, 0.25) is 5.91 Å². The molecule has 2 aliphatic rings. The highest BCUT2D eigenvalue weighted by atomic mass is 35.5. The van der Waals surface area contributed by atoms with Gasteiger partial charge in [-0.05, 0) is 43.8 Å². The fourth-order valence-corrected chi connectivity index (χ4v) is 6.24. The number of halogens is 1. The maximum atomic E-state index is 12.2. The minimum Gasteiger partial charge on any atom is -0.350 e. The van der Waals surface area contributed by atoms with E-state index in [4.69, 9.17) is 11.6 Å². The molecule has 1 aromatic carbocycles. The maximum Gasteiger partial charge on any atom is 0.234 e. The Balaban J connectivity index is 1.41. The van der Waals surface area contributed by atoms with Crippen molar-refractivity contribution < 1.29 is 13.2 Å². The molecule has 0 aliphatic carbocycles. The number of amides is 1. The molecule has 0 bridgehead atoms. The second-order valence-electron chi connectivity index (χ2n) is 7.18. The minimum atomic E-state index is -3.12. The van der Waals surface area contributed by atoms with Crippen molar-refractivity contribution in [3.63, 3.8) is 0 Å². The Kier molecular flexibility index (Phi) is 6.02. The number of alkyl halides is 1. The Morgan fingerprint density at radius 2 is 1.84 bits per heavy atom. The number of carbonyl (C=O) groups is 1. The lowest BCUT2D eigenvalue weighted by molar-refractivity contribution is -0.123. The van der Waals surface area contributed by atoms with Gasteiger partial charge in [-0.2, -0.15) is 0 Å². The van der Waals surface area contributed by atoms with Crippen molar-refractivity contribution in [2.45, 2.75) is 30.7 Å². The number of hydrogen-bond acceptors (Lipinski definition) is 4. The van der Waals surface area contributed by atoms with E-state index in [9.17, 15) is 13.2 Å². The molecule has 7 heteroatoms. The lowest BCUT2D eigenvalue weighted by Gasteiger charge is -2.31. The summed E-state index contributed by atoms with van der Waals surface area (Å²) in [6.07, 6.45) is 3.25. The number of rotatable bonds is 5. The van der Waals surface area contributed by atoms with E-state index < -0.39 is 21.3 Å². The van der Waals surface area contributed by atoms with E-state index in [2.05, 4.69) is 34.5 Å². The fraction of sp³-hybridized carbons (Fsp3) is 0.611. The Hall–Kier alpha value is -1.11. The molecule has 0 unspecified atom stereocenters. The van der Waals surface area contributed by atoms with Crippen molar-refractivity contribution >= 4 is 27.3 Å². The summed E-state index contributed by atoms with van der Waals surface area (Å²) in [5.74, 6) is 0.430. The van der Waals surface area contributed by atoms with Crippen LogP contribution in [0.2, 0.25) is 0 Å². The summed E-state index contributed by atoms with van der Waals surface area (Å²) >= 11 is 6.04. The number of likely N-dealkylation sites (tertiary alicyclic amines) is 1. The van der Waals surface area contributed by atoms with E-state index in [1.54, 1.807) is 0 Å². The molecule has 5 nitrogen and oxygen atoms in total. The zero-order valence-electron chi connectivity index (χ0n) is 14.2. The Labute approximate surface area is 154 Å². The molecule has 0 aromatic heterocycles. The van der Waals surface area contributed by atoms with Gasteiger partial charge in [-0.15, -0.1) is 11.6 Å². The Bertz CT molecular complexity index is 688. The molecule has 1 N–H and O–H groups in total. The van der Waals surface area contributed by atoms with E-state index in [0.29, 0.717) is 12.5 Å². The van der Waals surface area contributed by atoms with Gasteiger partial charge in [0, 0.05) is 0 Å². The van der Waals surface area contributed by atoms with Crippen LogP contribution in [0.1, 0.15) is 18.4 Å². The zero-order chi connectivity index (χ0) is 17.9. The molecule has 2 saturated heterocycles. The first-order valence-electron chi connectivity index (χ1n) is 8.81. The molecular weight excluding hydrogens is 360 g/mol. The number of nitrogens with one attached hydrogen (secondary N) is 1. The van der Waals surface area contributed by atoms with Crippen LogP contribution in [0.4, 0.5) is 0 Å². The summed E-state index contributed by atoms with van der Waals surface area (Å²) in [6.45, 7) is 2.12. The van der Waals surface area contributed by atoms with Crippen LogP contribution < -0.4 is 5.32 Å². The first-order chi connectivity index (χ1) is 11.9. The molecule has 0 saturated carbocycles. The van der Waals surface area contributed by atoms with Gasteiger partial charge in [-0.1, -0.05) is 30.3 Å². The predicted octanol–water partition coefficient (Wildman–Crippen LogP) is 1.46. The Morgan fingerprint density at radius 3 is 2.44 bits per heavy atom. The highest BCUT2D eigenvalue weighted by Gasteiger charge is 2.37. The van der Waals surface area contributed by atoms with Crippen molar-refractivity contribution in [1.82, 2.24) is 10.2 Å². The van der Waals surface area contributed by atoms with Gasteiger partial charge in [-0.3, -0.25) is 9.69 Å². The quantitative estimate of drug-likeness (QED) is 0.780. The van der Waals surface area contributed by atoms with Gasteiger partial charge < -0.3 is 5.32 Å². The van der Waals surface area contributed by atoms with Crippen molar-refractivity contribution in [2.75, 3.05) is 31.1 Å². The third kappa shape index (κ3) is 5.43. The lowest BCUT2D eigenvalue weighted by atomic mass is 9.90. The third-order valence-electron chi connectivity index (χ3n) is 5.07.